The number of carbonyl (C=O) groups excluding carboxylic acids is 3. The molecule has 2 aromatic rings. The van der Waals surface area contributed by atoms with Gasteiger partial charge in [-0.25, -0.2) is 4.39 Å². The summed E-state index contributed by atoms with van der Waals surface area (Å²) >= 11 is 3.40. The van der Waals surface area contributed by atoms with Crippen molar-refractivity contribution in [3.8, 4) is 0 Å². The lowest BCUT2D eigenvalue weighted by atomic mass is 9.87. The number of benzene rings is 2. The fourth-order valence-corrected chi connectivity index (χ4v) is 4.83. The molecule has 2 fully saturated rings. The average Bonchev–Trinajstić information content (AvgIpc) is 2.87. The average molecular weight is 532 g/mol. The predicted molar refractivity (Wildman–Crippen MR) is 128 cm³/mol. The molecule has 2 aliphatic rings. The summed E-state index contributed by atoms with van der Waals surface area (Å²) in [5.41, 5.74) is 0.904. The number of hydrogen-bond acceptors (Lipinski definition) is 4. The summed E-state index contributed by atoms with van der Waals surface area (Å²) in [5, 5.41) is 2.90. The van der Waals surface area contributed by atoms with Crippen molar-refractivity contribution < 1.29 is 23.5 Å². The molecular formula is C25H27BrFN3O4. The minimum Gasteiger partial charge on any atom is -0.378 e. The van der Waals surface area contributed by atoms with E-state index in [1.54, 1.807) is 21.9 Å². The SMILES string of the molecule is O=C(N[C@H](C(=O)N1CCOCC1)C1CCN(C(=O)c2cccc(Br)c2)CC1)c1ccc(F)cc1. The van der Waals surface area contributed by atoms with E-state index in [2.05, 4.69) is 21.2 Å². The fraction of sp³-hybridized carbons (Fsp3) is 0.400. The first-order valence-electron chi connectivity index (χ1n) is 11.4. The maximum Gasteiger partial charge on any atom is 0.253 e. The number of ether oxygens (including phenoxy) is 1. The van der Waals surface area contributed by atoms with Gasteiger partial charge in [-0.2, -0.15) is 0 Å². The monoisotopic (exact) mass is 531 g/mol. The Labute approximate surface area is 206 Å². The molecule has 0 aliphatic carbocycles. The highest BCUT2D eigenvalue weighted by atomic mass is 79.9. The van der Waals surface area contributed by atoms with Gasteiger partial charge in [-0.1, -0.05) is 22.0 Å². The molecule has 4 rings (SSSR count). The van der Waals surface area contributed by atoms with E-state index in [1.807, 2.05) is 12.1 Å². The van der Waals surface area contributed by atoms with Crippen molar-refractivity contribution in [2.24, 2.45) is 5.92 Å². The number of nitrogens with zero attached hydrogens (tertiary/aromatic N) is 2. The molecule has 2 aliphatic heterocycles. The van der Waals surface area contributed by atoms with Crippen LogP contribution in [0, 0.1) is 11.7 Å². The Kier molecular flexibility index (Phi) is 7.95. The van der Waals surface area contributed by atoms with E-state index in [1.165, 1.54) is 24.3 Å². The van der Waals surface area contributed by atoms with Gasteiger partial charge in [0.1, 0.15) is 11.9 Å². The molecule has 1 atom stereocenters. The van der Waals surface area contributed by atoms with Crippen molar-refractivity contribution in [1.29, 1.82) is 0 Å². The summed E-state index contributed by atoms with van der Waals surface area (Å²) in [6.07, 6.45) is 1.17. The zero-order chi connectivity index (χ0) is 24.1. The lowest BCUT2D eigenvalue weighted by Crippen LogP contribution is -2.56. The van der Waals surface area contributed by atoms with Gasteiger partial charge in [0.25, 0.3) is 11.8 Å². The van der Waals surface area contributed by atoms with Crippen LogP contribution in [0.2, 0.25) is 0 Å². The van der Waals surface area contributed by atoms with Crippen LogP contribution in [0.5, 0.6) is 0 Å². The number of rotatable bonds is 5. The first-order chi connectivity index (χ1) is 16.4. The second-order valence-corrected chi connectivity index (χ2v) is 9.45. The molecule has 0 spiro atoms. The maximum absolute atomic E-state index is 13.4. The third kappa shape index (κ3) is 5.82. The minimum absolute atomic E-state index is 0.0499. The van der Waals surface area contributed by atoms with Gasteiger partial charge in [0.15, 0.2) is 0 Å². The number of piperidine rings is 1. The van der Waals surface area contributed by atoms with E-state index >= 15 is 0 Å². The van der Waals surface area contributed by atoms with Gasteiger partial charge in [-0.05, 0) is 61.2 Å². The molecule has 0 bridgehead atoms. The Balaban J connectivity index is 1.46. The zero-order valence-electron chi connectivity index (χ0n) is 18.7. The first-order valence-corrected chi connectivity index (χ1v) is 12.2. The summed E-state index contributed by atoms with van der Waals surface area (Å²) in [6.45, 7) is 2.86. The van der Waals surface area contributed by atoms with Crippen molar-refractivity contribution >= 4 is 33.7 Å². The van der Waals surface area contributed by atoms with E-state index in [0.717, 1.165) is 4.47 Å². The Bertz CT molecular complexity index is 1030. The van der Waals surface area contributed by atoms with Crippen molar-refractivity contribution in [3.05, 3.63) is 69.9 Å². The molecule has 34 heavy (non-hydrogen) atoms. The van der Waals surface area contributed by atoms with Crippen LogP contribution in [0.1, 0.15) is 33.6 Å². The quantitative estimate of drug-likeness (QED) is 0.642. The summed E-state index contributed by atoms with van der Waals surface area (Å²) in [7, 11) is 0. The van der Waals surface area contributed by atoms with Crippen LogP contribution in [0.25, 0.3) is 0 Å². The number of hydrogen-bond donors (Lipinski definition) is 1. The molecule has 9 heteroatoms. The Morgan fingerprint density at radius 3 is 2.26 bits per heavy atom. The molecule has 0 saturated carbocycles. The standard InChI is InChI=1S/C25H27BrFN3O4/c26-20-3-1-2-19(16-20)24(32)29-10-8-17(9-11-29)22(25(33)30-12-14-34-15-13-30)28-23(31)18-4-6-21(27)7-5-18/h1-7,16-17,22H,8-15H2,(H,28,31)/t22-/m0/s1. The summed E-state index contributed by atoms with van der Waals surface area (Å²) in [4.78, 5) is 42.7. The lowest BCUT2D eigenvalue weighted by molar-refractivity contribution is -0.139. The van der Waals surface area contributed by atoms with Gasteiger partial charge in [0.2, 0.25) is 5.91 Å². The number of nitrogens with one attached hydrogen (secondary N) is 1. The highest BCUT2D eigenvalue weighted by Gasteiger charge is 2.36. The van der Waals surface area contributed by atoms with Crippen molar-refractivity contribution in [2.45, 2.75) is 18.9 Å². The van der Waals surface area contributed by atoms with Crippen LogP contribution in [0.15, 0.2) is 53.0 Å². The van der Waals surface area contributed by atoms with Crippen LogP contribution < -0.4 is 5.32 Å². The highest BCUT2D eigenvalue weighted by Crippen LogP contribution is 2.25. The van der Waals surface area contributed by atoms with Crippen LogP contribution >= 0.6 is 15.9 Å². The zero-order valence-corrected chi connectivity index (χ0v) is 20.3. The summed E-state index contributed by atoms with van der Waals surface area (Å²) in [5.74, 6) is -1.16. The van der Waals surface area contributed by atoms with Gasteiger partial charge in [-0.3, -0.25) is 14.4 Å². The van der Waals surface area contributed by atoms with Crippen molar-refractivity contribution in [3.63, 3.8) is 0 Å². The van der Waals surface area contributed by atoms with Crippen LogP contribution in [0.3, 0.4) is 0 Å². The summed E-state index contributed by atoms with van der Waals surface area (Å²) < 4.78 is 19.5. The van der Waals surface area contributed by atoms with Gasteiger partial charge in [0.05, 0.1) is 13.2 Å². The predicted octanol–water partition coefficient (Wildman–Crippen LogP) is 3.10. The largest absolute Gasteiger partial charge is 0.378 e. The van der Waals surface area contributed by atoms with Gasteiger partial charge in [0, 0.05) is 41.8 Å². The van der Waals surface area contributed by atoms with Crippen molar-refractivity contribution in [2.75, 3.05) is 39.4 Å². The number of likely N-dealkylation sites (tertiary alicyclic amines) is 1. The number of carbonyl (C=O) groups is 3. The first kappa shape index (κ1) is 24.3. The molecular weight excluding hydrogens is 505 g/mol. The number of halogens is 2. The molecule has 0 aromatic heterocycles. The van der Waals surface area contributed by atoms with E-state index in [9.17, 15) is 18.8 Å². The Morgan fingerprint density at radius 2 is 1.62 bits per heavy atom. The van der Waals surface area contributed by atoms with Crippen molar-refractivity contribution in [1.82, 2.24) is 15.1 Å². The molecule has 2 aromatic carbocycles. The molecule has 180 valence electrons. The number of morpholine rings is 1. The smallest absolute Gasteiger partial charge is 0.253 e. The second kappa shape index (κ2) is 11.1. The molecule has 2 saturated heterocycles. The molecule has 3 amide bonds. The fourth-order valence-electron chi connectivity index (χ4n) is 4.43. The van der Waals surface area contributed by atoms with E-state index in [0.29, 0.717) is 63.4 Å². The number of amides is 3. The second-order valence-electron chi connectivity index (χ2n) is 8.54. The van der Waals surface area contributed by atoms with E-state index in [-0.39, 0.29) is 17.7 Å². The van der Waals surface area contributed by atoms with E-state index in [4.69, 9.17) is 4.74 Å². The topological polar surface area (TPSA) is 79.0 Å². The molecule has 0 unspecified atom stereocenters. The molecule has 1 N–H and O–H groups in total. The highest BCUT2D eigenvalue weighted by molar-refractivity contribution is 9.10. The molecule has 7 nitrogen and oxygen atoms in total. The third-order valence-electron chi connectivity index (χ3n) is 6.35. The van der Waals surface area contributed by atoms with Gasteiger partial charge < -0.3 is 19.9 Å². The van der Waals surface area contributed by atoms with Crippen LogP contribution in [0.4, 0.5) is 4.39 Å². The minimum atomic E-state index is -0.723. The van der Waals surface area contributed by atoms with Crippen LogP contribution in [-0.2, 0) is 9.53 Å². The van der Waals surface area contributed by atoms with Crippen LogP contribution in [-0.4, -0.2) is 73.0 Å². The van der Waals surface area contributed by atoms with Gasteiger partial charge >= 0.3 is 0 Å². The molecule has 0 radical (unpaired) electrons. The lowest BCUT2D eigenvalue weighted by Gasteiger charge is -2.38. The Morgan fingerprint density at radius 1 is 0.941 bits per heavy atom. The maximum atomic E-state index is 13.4. The normalized spacial score (nSPS) is 17.8. The molecule has 2 heterocycles. The third-order valence-corrected chi connectivity index (χ3v) is 6.84. The Hall–Kier alpha value is -2.78. The van der Waals surface area contributed by atoms with Gasteiger partial charge in [-0.15, -0.1) is 0 Å². The summed E-state index contributed by atoms with van der Waals surface area (Å²) in [6, 6.07) is 11.8. The van der Waals surface area contributed by atoms with E-state index < -0.39 is 17.8 Å².